The van der Waals surface area contributed by atoms with Gasteiger partial charge in [0, 0.05) is 0 Å². The maximum atomic E-state index is 13.4. The zero-order valence-corrected chi connectivity index (χ0v) is 8.92. The summed E-state index contributed by atoms with van der Waals surface area (Å²) >= 11 is 0. The molecule has 3 heteroatoms. The monoisotopic (exact) mass is 224 g/mol. The van der Waals surface area contributed by atoms with Crippen molar-refractivity contribution in [1.29, 1.82) is 0 Å². The van der Waals surface area contributed by atoms with Gasteiger partial charge in [0.25, 0.3) is 0 Å². The summed E-state index contributed by atoms with van der Waals surface area (Å²) in [6.45, 7) is 0. The van der Waals surface area contributed by atoms with Crippen LogP contribution in [0.25, 0.3) is 0 Å². The van der Waals surface area contributed by atoms with Crippen LogP contribution >= 0.6 is 0 Å². The third-order valence-electron chi connectivity index (χ3n) is 2.95. The van der Waals surface area contributed by atoms with Crippen LogP contribution < -0.4 is 0 Å². The minimum atomic E-state index is -1.14. The smallest absolute Gasteiger partial charge is 0.132 e. The molecule has 1 N–H and O–H groups in total. The molecule has 0 saturated heterocycles. The second kappa shape index (κ2) is 4.74. The van der Waals surface area contributed by atoms with Gasteiger partial charge in [-0.05, 0) is 43.4 Å². The number of aliphatic hydroxyl groups is 1. The SMILES string of the molecule is OC(C1=CCCCC1)c1c(F)cccc1F. The number of hydrogen-bond acceptors (Lipinski definition) is 1. The first-order valence-electron chi connectivity index (χ1n) is 5.51. The Hall–Kier alpha value is -1.22. The van der Waals surface area contributed by atoms with Crippen molar-refractivity contribution >= 4 is 0 Å². The fraction of sp³-hybridized carbons (Fsp3) is 0.385. The molecule has 1 unspecified atom stereocenters. The Morgan fingerprint density at radius 3 is 2.38 bits per heavy atom. The zero-order valence-electron chi connectivity index (χ0n) is 8.92. The van der Waals surface area contributed by atoms with Gasteiger partial charge in [-0.25, -0.2) is 8.78 Å². The molecule has 86 valence electrons. The highest BCUT2D eigenvalue weighted by Gasteiger charge is 2.21. The molecule has 0 fully saturated rings. The highest BCUT2D eigenvalue weighted by atomic mass is 19.1. The quantitative estimate of drug-likeness (QED) is 0.762. The van der Waals surface area contributed by atoms with Crippen molar-refractivity contribution in [1.82, 2.24) is 0 Å². The third kappa shape index (κ3) is 2.14. The highest BCUT2D eigenvalue weighted by Crippen LogP contribution is 2.32. The number of halogens is 2. The van der Waals surface area contributed by atoms with E-state index in [1.807, 2.05) is 6.08 Å². The Balaban J connectivity index is 2.33. The van der Waals surface area contributed by atoms with Crippen LogP contribution in [0, 0.1) is 11.6 Å². The van der Waals surface area contributed by atoms with Crippen molar-refractivity contribution in [2.75, 3.05) is 0 Å². The van der Waals surface area contributed by atoms with E-state index in [9.17, 15) is 13.9 Å². The third-order valence-corrected chi connectivity index (χ3v) is 2.95. The standard InChI is InChI=1S/C13H14F2O/c14-10-7-4-8-11(15)12(10)13(16)9-5-2-1-3-6-9/h4-5,7-8,13,16H,1-3,6H2. The van der Waals surface area contributed by atoms with Crippen molar-refractivity contribution < 1.29 is 13.9 Å². The van der Waals surface area contributed by atoms with E-state index in [1.54, 1.807) is 0 Å². The number of aliphatic hydroxyl groups excluding tert-OH is 1. The van der Waals surface area contributed by atoms with Crippen LogP contribution in [0.5, 0.6) is 0 Å². The van der Waals surface area contributed by atoms with Gasteiger partial charge in [-0.3, -0.25) is 0 Å². The molecule has 0 spiro atoms. The second-order valence-electron chi connectivity index (χ2n) is 4.06. The molecule has 0 bridgehead atoms. The van der Waals surface area contributed by atoms with Crippen LogP contribution in [-0.4, -0.2) is 5.11 Å². The van der Waals surface area contributed by atoms with E-state index in [0.717, 1.165) is 31.3 Å². The summed E-state index contributed by atoms with van der Waals surface area (Å²) in [5.74, 6) is -1.36. The van der Waals surface area contributed by atoms with Crippen LogP contribution in [0.3, 0.4) is 0 Å². The molecule has 0 radical (unpaired) electrons. The molecule has 1 nitrogen and oxygen atoms in total. The molecule has 1 aromatic carbocycles. The van der Waals surface area contributed by atoms with E-state index in [-0.39, 0.29) is 5.56 Å². The molecule has 0 aromatic heterocycles. The summed E-state index contributed by atoms with van der Waals surface area (Å²) < 4.78 is 26.9. The van der Waals surface area contributed by atoms with E-state index in [4.69, 9.17) is 0 Å². The van der Waals surface area contributed by atoms with Crippen LogP contribution in [-0.2, 0) is 0 Å². The van der Waals surface area contributed by atoms with Crippen LogP contribution in [0.2, 0.25) is 0 Å². The van der Waals surface area contributed by atoms with E-state index in [0.29, 0.717) is 0 Å². The summed E-state index contributed by atoms with van der Waals surface area (Å²) in [7, 11) is 0. The minimum absolute atomic E-state index is 0.226. The van der Waals surface area contributed by atoms with Crippen LogP contribution in [0.15, 0.2) is 29.8 Å². The normalized spacial score (nSPS) is 18.1. The molecule has 0 amide bonds. The van der Waals surface area contributed by atoms with Gasteiger partial charge in [0.15, 0.2) is 0 Å². The van der Waals surface area contributed by atoms with Gasteiger partial charge >= 0.3 is 0 Å². The van der Waals surface area contributed by atoms with Gasteiger partial charge in [-0.15, -0.1) is 0 Å². The van der Waals surface area contributed by atoms with Crippen molar-refractivity contribution in [2.24, 2.45) is 0 Å². The van der Waals surface area contributed by atoms with E-state index < -0.39 is 17.7 Å². The average molecular weight is 224 g/mol. The summed E-state index contributed by atoms with van der Waals surface area (Å²) in [5, 5.41) is 9.96. The van der Waals surface area contributed by atoms with E-state index in [2.05, 4.69) is 0 Å². The fourth-order valence-corrected chi connectivity index (χ4v) is 2.07. The predicted molar refractivity (Wildman–Crippen MR) is 57.9 cm³/mol. The van der Waals surface area contributed by atoms with Gasteiger partial charge < -0.3 is 5.11 Å². The first-order chi connectivity index (χ1) is 7.70. The van der Waals surface area contributed by atoms with Gasteiger partial charge in [-0.1, -0.05) is 12.1 Å². The summed E-state index contributed by atoms with van der Waals surface area (Å²) in [5.41, 5.74) is 0.505. The Morgan fingerprint density at radius 1 is 1.12 bits per heavy atom. The summed E-state index contributed by atoms with van der Waals surface area (Å²) in [4.78, 5) is 0. The molecule has 0 heterocycles. The van der Waals surface area contributed by atoms with Crippen molar-refractivity contribution in [2.45, 2.75) is 31.8 Å². The molecule has 1 atom stereocenters. The Bertz CT molecular complexity index is 392. The highest BCUT2D eigenvalue weighted by molar-refractivity contribution is 5.29. The fourth-order valence-electron chi connectivity index (χ4n) is 2.07. The van der Waals surface area contributed by atoms with Gasteiger partial charge in [0.2, 0.25) is 0 Å². The molecule has 2 rings (SSSR count). The number of hydrogen-bond donors (Lipinski definition) is 1. The molecule has 1 aromatic rings. The Labute approximate surface area is 93.4 Å². The Kier molecular flexibility index (Phi) is 3.34. The lowest BCUT2D eigenvalue weighted by atomic mass is 9.91. The van der Waals surface area contributed by atoms with Gasteiger partial charge in [0.05, 0.1) is 5.56 Å². The second-order valence-corrected chi connectivity index (χ2v) is 4.06. The lowest BCUT2D eigenvalue weighted by molar-refractivity contribution is 0.197. The topological polar surface area (TPSA) is 20.2 Å². The number of benzene rings is 1. The number of rotatable bonds is 2. The minimum Gasteiger partial charge on any atom is -0.384 e. The molecule has 1 aliphatic rings. The molecule has 1 aliphatic carbocycles. The van der Waals surface area contributed by atoms with Gasteiger partial charge in [0.1, 0.15) is 17.7 Å². The zero-order chi connectivity index (χ0) is 11.5. The summed E-state index contributed by atoms with van der Waals surface area (Å²) in [6.07, 6.45) is 4.40. The lowest BCUT2D eigenvalue weighted by Gasteiger charge is -2.19. The van der Waals surface area contributed by atoms with Crippen molar-refractivity contribution in [3.05, 3.63) is 47.0 Å². The van der Waals surface area contributed by atoms with Crippen LogP contribution in [0.4, 0.5) is 8.78 Å². The Morgan fingerprint density at radius 2 is 1.81 bits per heavy atom. The van der Waals surface area contributed by atoms with E-state index >= 15 is 0 Å². The molecular weight excluding hydrogens is 210 g/mol. The maximum Gasteiger partial charge on any atom is 0.132 e. The van der Waals surface area contributed by atoms with Gasteiger partial charge in [-0.2, -0.15) is 0 Å². The van der Waals surface area contributed by atoms with Crippen molar-refractivity contribution in [3.63, 3.8) is 0 Å². The molecule has 16 heavy (non-hydrogen) atoms. The lowest BCUT2D eigenvalue weighted by Crippen LogP contribution is -2.09. The first kappa shape index (κ1) is 11.3. The van der Waals surface area contributed by atoms with E-state index in [1.165, 1.54) is 18.2 Å². The first-order valence-corrected chi connectivity index (χ1v) is 5.51. The maximum absolute atomic E-state index is 13.4. The molecular formula is C13H14F2O. The summed E-state index contributed by atoms with van der Waals surface area (Å²) in [6, 6.07) is 3.65. The largest absolute Gasteiger partial charge is 0.384 e. The van der Waals surface area contributed by atoms with Crippen molar-refractivity contribution in [3.8, 4) is 0 Å². The van der Waals surface area contributed by atoms with Crippen LogP contribution in [0.1, 0.15) is 37.4 Å². The predicted octanol–water partition coefficient (Wildman–Crippen LogP) is 3.50. The number of allylic oxidation sites excluding steroid dienone is 1. The molecule has 0 saturated carbocycles. The average Bonchev–Trinajstić information content (AvgIpc) is 2.30. The molecule has 0 aliphatic heterocycles.